The third kappa shape index (κ3) is 4.64. The lowest BCUT2D eigenvalue weighted by Crippen LogP contribution is -2.45. The fraction of sp³-hybridized carbons (Fsp3) is 0.417. The van der Waals surface area contributed by atoms with Gasteiger partial charge in [0.15, 0.2) is 0 Å². The summed E-state index contributed by atoms with van der Waals surface area (Å²) in [6.45, 7) is 0.733. The van der Waals surface area contributed by atoms with Crippen molar-refractivity contribution in [1.29, 1.82) is 0 Å². The fourth-order valence-electron chi connectivity index (χ4n) is 4.44. The lowest BCUT2D eigenvalue weighted by Gasteiger charge is -2.28. The smallest absolute Gasteiger partial charge is 0.387 e. The number of carbonyl (C=O) groups excluding carboxylic acids is 1. The van der Waals surface area contributed by atoms with E-state index < -0.39 is 12.7 Å². The topological polar surface area (TPSA) is 85.5 Å². The van der Waals surface area contributed by atoms with E-state index in [2.05, 4.69) is 10.1 Å². The van der Waals surface area contributed by atoms with Crippen LogP contribution in [-0.4, -0.2) is 38.9 Å². The molecule has 2 N–H and O–H groups in total. The molecule has 3 aromatic rings. The second kappa shape index (κ2) is 9.35. The van der Waals surface area contributed by atoms with Crippen molar-refractivity contribution in [2.75, 3.05) is 0 Å². The maximum atomic E-state index is 13.3. The summed E-state index contributed by atoms with van der Waals surface area (Å²) < 4.78 is 32.8. The molecule has 4 rings (SSSR count). The summed E-state index contributed by atoms with van der Waals surface area (Å²) in [7, 11) is 0. The summed E-state index contributed by atoms with van der Waals surface area (Å²) in [5, 5.41) is 13.1. The SMILES string of the molecule is CC(C)n1c(=O)n(-c2cccc(OC(F)F)c2)c2ccc(C(=O)N[C@H]3CCCC[C@@H]3O)cc21. The number of halogens is 2. The molecule has 1 aliphatic carbocycles. The van der Waals surface area contributed by atoms with Crippen molar-refractivity contribution in [2.45, 2.75) is 64.3 Å². The second-order valence-corrected chi connectivity index (χ2v) is 8.59. The Bertz CT molecular complexity index is 1220. The van der Waals surface area contributed by atoms with Gasteiger partial charge in [-0.05, 0) is 57.0 Å². The van der Waals surface area contributed by atoms with Crippen molar-refractivity contribution < 1.29 is 23.4 Å². The normalized spacial score (nSPS) is 18.8. The average Bonchev–Trinajstić information content (AvgIpc) is 3.06. The molecular formula is C24H27F2N3O4. The Morgan fingerprint density at radius 2 is 1.88 bits per heavy atom. The number of carbonyl (C=O) groups is 1. The standard InChI is InChI=1S/C24H27F2N3O4/c1-14(2)28-20-12-15(22(31)27-18-8-3-4-9-21(18)30)10-11-19(20)29(24(28)32)16-6-5-7-17(13-16)33-23(25)26/h5-7,10-14,18,21,23,30H,3-4,8-9H2,1-2H3,(H,27,31)/t18-,21-/m0/s1. The van der Waals surface area contributed by atoms with Crippen molar-refractivity contribution in [2.24, 2.45) is 0 Å². The molecule has 0 unspecified atom stereocenters. The molecular weight excluding hydrogens is 432 g/mol. The van der Waals surface area contributed by atoms with E-state index >= 15 is 0 Å². The van der Waals surface area contributed by atoms with Crippen LogP contribution in [0.25, 0.3) is 16.7 Å². The van der Waals surface area contributed by atoms with Crippen LogP contribution in [0.15, 0.2) is 47.3 Å². The van der Waals surface area contributed by atoms with Gasteiger partial charge in [-0.3, -0.25) is 13.9 Å². The molecule has 7 nitrogen and oxygen atoms in total. The molecule has 0 bridgehead atoms. The number of nitrogens with zero attached hydrogens (tertiary/aromatic N) is 2. The van der Waals surface area contributed by atoms with Crippen LogP contribution < -0.4 is 15.7 Å². The lowest BCUT2D eigenvalue weighted by atomic mass is 9.92. The van der Waals surface area contributed by atoms with E-state index in [0.717, 1.165) is 19.3 Å². The third-order valence-electron chi connectivity index (χ3n) is 6.00. The maximum absolute atomic E-state index is 13.3. The van der Waals surface area contributed by atoms with Gasteiger partial charge in [-0.15, -0.1) is 0 Å². The third-order valence-corrected chi connectivity index (χ3v) is 6.00. The number of aliphatic hydroxyl groups excluding tert-OH is 1. The summed E-state index contributed by atoms with van der Waals surface area (Å²) in [4.78, 5) is 26.2. The quantitative estimate of drug-likeness (QED) is 0.583. The van der Waals surface area contributed by atoms with Crippen LogP contribution in [0.1, 0.15) is 55.9 Å². The van der Waals surface area contributed by atoms with Gasteiger partial charge in [-0.2, -0.15) is 8.78 Å². The van der Waals surface area contributed by atoms with Gasteiger partial charge in [0.2, 0.25) is 0 Å². The molecule has 1 saturated carbocycles. The number of benzene rings is 2. The number of rotatable bonds is 6. The van der Waals surface area contributed by atoms with E-state index in [1.807, 2.05) is 13.8 Å². The monoisotopic (exact) mass is 459 g/mol. The van der Waals surface area contributed by atoms with Crippen LogP contribution >= 0.6 is 0 Å². The number of hydrogen-bond acceptors (Lipinski definition) is 4. The van der Waals surface area contributed by atoms with Crippen molar-refractivity contribution in [3.05, 3.63) is 58.5 Å². The van der Waals surface area contributed by atoms with E-state index in [4.69, 9.17) is 0 Å². The number of imidazole rings is 1. The highest BCUT2D eigenvalue weighted by atomic mass is 19.3. The first-order chi connectivity index (χ1) is 15.8. The largest absolute Gasteiger partial charge is 0.435 e. The summed E-state index contributed by atoms with van der Waals surface area (Å²) in [6, 6.07) is 10.4. The van der Waals surface area contributed by atoms with E-state index in [9.17, 15) is 23.5 Å². The second-order valence-electron chi connectivity index (χ2n) is 8.59. The van der Waals surface area contributed by atoms with Crippen LogP contribution in [0.2, 0.25) is 0 Å². The molecule has 176 valence electrons. The molecule has 1 heterocycles. The van der Waals surface area contributed by atoms with Gasteiger partial charge < -0.3 is 15.2 Å². The summed E-state index contributed by atoms with van der Waals surface area (Å²) in [5.41, 5.74) is 1.49. The predicted octanol–water partition coefficient (Wildman–Crippen LogP) is 4.01. The Hall–Kier alpha value is -3.20. The Kier molecular flexibility index (Phi) is 6.51. The first-order valence-electron chi connectivity index (χ1n) is 11.1. The van der Waals surface area contributed by atoms with Crippen LogP contribution in [0.4, 0.5) is 8.78 Å². The highest BCUT2D eigenvalue weighted by Gasteiger charge is 2.25. The number of alkyl halides is 2. The molecule has 33 heavy (non-hydrogen) atoms. The molecule has 2 aromatic carbocycles. The van der Waals surface area contributed by atoms with Gasteiger partial charge in [0.25, 0.3) is 5.91 Å². The number of nitrogens with one attached hydrogen (secondary N) is 1. The van der Waals surface area contributed by atoms with Gasteiger partial charge in [0, 0.05) is 17.7 Å². The van der Waals surface area contributed by atoms with Gasteiger partial charge in [-0.1, -0.05) is 18.9 Å². The first kappa shape index (κ1) is 23.0. The van der Waals surface area contributed by atoms with Crippen molar-refractivity contribution >= 4 is 16.9 Å². The summed E-state index contributed by atoms with van der Waals surface area (Å²) >= 11 is 0. The van der Waals surface area contributed by atoms with E-state index in [1.54, 1.807) is 28.8 Å². The minimum Gasteiger partial charge on any atom is -0.435 e. The van der Waals surface area contributed by atoms with Crippen LogP contribution in [0.5, 0.6) is 5.75 Å². The molecule has 0 radical (unpaired) electrons. The van der Waals surface area contributed by atoms with E-state index in [-0.39, 0.29) is 29.4 Å². The molecule has 0 spiro atoms. The number of ether oxygens (including phenoxy) is 1. The van der Waals surface area contributed by atoms with Crippen molar-refractivity contribution in [3.8, 4) is 11.4 Å². The highest BCUT2D eigenvalue weighted by molar-refractivity contribution is 5.98. The van der Waals surface area contributed by atoms with Gasteiger partial charge in [0.1, 0.15) is 5.75 Å². The number of amides is 1. The zero-order valence-electron chi connectivity index (χ0n) is 18.5. The predicted molar refractivity (Wildman–Crippen MR) is 120 cm³/mol. The highest BCUT2D eigenvalue weighted by Crippen LogP contribution is 2.25. The number of aliphatic hydroxyl groups is 1. The minimum absolute atomic E-state index is 0.0538. The molecule has 0 saturated heterocycles. The molecule has 1 amide bonds. The number of aromatic nitrogens is 2. The molecule has 1 aromatic heterocycles. The van der Waals surface area contributed by atoms with Gasteiger partial charge >= 0.3 is 12.3 Å². The zero-order chi connectivity index (χ0) is 23.7. The van der Waals surface area contributed by atoms with Gasteiger partial charge in [-0.25, -0.2) is 4.79 Å². The Morgan fingerprint density at radius 3 is 2.58 bits per heavy atom. The van der Waals surface area contributed by atoms with Crippen molar-refractivity contribution in [1.82, 2.24) is 14.5 Å². The Labute approximate surface area is 189 Å². The number of fused-ring (bicyclic) bond motifs is 1. The average molecular weight is 459 g/mol. The molecule has 1 aliphatic rings. The summed E-state index contributed by atoms with van der Waals surface area (Å²) in [6.07, 6.45) is 2.71. The maximum Gasteiger partial charge on any atom is 0.387 e. The molecule has 9 heteroatoms. The Balaban J connectivity index is 1.76. The van der Waals surface area contributed by atoms with Crippen LogP contribution in [0, 0.1) is 0 Å². The minimum atomic E-state index is -2.97. The molecule has 1 fully saturated rings. The van der Waals surface area contributed by atoms with Crippen molar-refractivity contribution in [3.63, 3.8) is 0 Å². The van der Waals surface area contributed by atoms with E-state index in [0.29, 0.717) is 28.7 Å². The Morgan fingerprint density at radius 1 is 1.12 bits per heavy atom. The molecule has 2 atom stereocenters. The lowest BCUT2D eigenvalue weighted by molar-refractivity contribution is -0.0498. The zero-order valence-corrected chi connectivity index (χ0v) is 18.5. The van der Waals surface area contributed by atoms with Crippen LogP contribution in [-0.2, 0) is 0 Å². The van der Waals surface area contributed by atoms with E-state index in [1.165, 1.54) is 22.8 Å². The fourth-order valence-corrected chi connectivity index (χ4v) is 4.44. The molecule has 0 aliphatic heterocycles. The van der Waals surface area contributed by atoms with Gasteiger partial charge in [0.05, 0.1) is 28.9 Å². The summed E-state index contributed by atoms with van der Waals surface area (Å²) in [5.74, 6) is -0.368. The number of hydrogen-bond donors (Lipinski definition) is 2. The van der Waals surface area contributed by atoms with Crippen LogP contribution in [0.3, 0.4) is 0 Å². The first-order valence-corrected chi connectivity index (χ1v) is 11.1.